The summed E-state index contributed by atoms with van der Waals surface area (Å²) in [5, 5.41) is 3.76. The molecule has 1 aromatic rings. The van der Waals surface area contributed by atoms with Crippen LogP contribution >= 0.6 is 27.5 Å². The molecule has 2 unspecified atom stereocenters. The Balaban J connectivity index is 1.93. The van der Waals surface area contributed by atoms with Crippen molar-refractivity contribution in [3.8, 4) is 0 Å². The second kappa shape index (κ2) is 5.57. The molecule has 7 heteroatoms. The Hall–Kier alpha value is -0.140. The average molecular weight is 380 g/mol. The Bertz CT molecular complexity index is 623. The van der Waals surface area contributed by atoms with E-state index in [1.54, 1.807) is 22.5 Å². The Kier molecular flexibility index (Phi) is 4.12. The maximum Gasteiger partial charge on any atom is 0.244 e. The average Bonchev–Trinajstić information content (AvgIpc) is 2.71. The van der Waals surface area contributed by atoms with Crippen LogP contribution in [0.15, 0.2) is 27.6 Å². The fraction of sp³-hybridized carbons (Fsp3) is 0.538. The fourth-order valence-electron chi connectivity index (χ4n) is 2.94. The molecule has 2 bridgehead atoms. The van der Waals surface area contributed by atoms with Gasteiger partial charge in [0, 0.05) is 29.6 Å². The van der Waals surface area contributed by atoms with Gasteiger partial charge >= 0.3 is 0 Å². The summed E-state index contributed by atoms with van der Waals surface area (Å²) in [6, 6.07) is 5.66. The molecular formula is C13H16BrClN2O2S. The molecule has 0 aromatic heterocycles. The monoisotopic (exact) mass is 378 g/mol. The summed E-state index contributed by atoms with van der Waals surface area (Å²) in [6.07, 6.45) is 3.06. The highest BCUT2D eigenvalue weighted by Gasteiger charge is 2.35. The van der Waals surface area contributed by atoms with E-state index >= 15 is 0 Å². The minimum Gasteiger partial charge on any atom is -0.310 e. The quantitative estimate of drug-likeness (QED) is 0.859. The topological polar surface area (TPSA) is 49.4 Å². The molecule has 3 rings (SSSR count). The number of nitrogens with one attached hydrogen (secondary N) is 1. The van der Waals surface area contributed by atoms with Gasteiger partial charge < -0.3 is 5.32 Å². The lowest BCUT2D eigenvalue weighted by molar-refractivity contribution is 0.383. The van der Waals surface area contributed by atoms with Gasteiger partial charge in [0.05, 0.1) is 5.02 Å². The van der Waals surface area contributed by atoms with Gasteiger partial charge in [0.2, 0.25) is 10.0 Å². The first-order valence-electron chi connectivity index (χ1n) is 6.68. The van der Waals surface area contributed by atoms with E-state index in [1.165, 1.54) is 0 Å². The molecular weight excluding hydrogens is 364 g/mol. The molecule has 1 N–H and O–H groups in total. The first-order chi connectivity index (χ1) is 9.46. The zero-order valence-electron chi connectivity index (χ0n) is 10.9. The van der Waals surface area contributed by atoms with Crippen LogP contribution in [0, 0.1) is 0 Å². The molecule has 0 aliphatic carbocycles. The molecule has 0 radical (unpaired) electrons. The third-order valence-electron chi connectivity index (χ3n) is 4.00. The van der Waals surface area contributed by atoms with Gasteiger partial charge in [-0.1, -0.05) is 27.5 Å². The van der Waals surface area contributed by atoms with Gasteiger partial charge in [0.25, 0.3) is 0 Å². The van der Waals surface area contributed by atoms with Gasteiger partial charge in [-0.3, -0.25) is 0 Å². The highest BCUT2D eigenvalue weighted by molar-refractivity contribution is 9.10. The fourth-order valence-corrected chi connectivity index (χ4v) is 5.46. The molecule has 0 spiro atoms. The van der Waals surface area contributed by atoms with Crippen LogP contribution in [0.2, 0.25) is 5.02 Å². The number of nitrogens with zero attached hydrogens (tertiary/aromatic N) is 1. The predicted molar refractivity (Wildman–Crippen MR) is 82.5 cm³/mol. The number of sulfonamides is 1. The number of fused-ring (bicyclic) bond motifs is 2. The van der Waals surface area contributed by atoms with E-state index in [-0.39, 0.29) is 16.0 Å². The summed E-state index contributed by atoms with van der Waals surface area (Å²) in [6.45, 7) is 1.08. The summed E-state index contributed by atoms with van der Waals surface area (Å²) in [5.41, 5.74) is 0. The lowest BCUT2D eigenvalue weighted by Crippen LogP contribution is -2.39. The molecule has 4 nitrogen and oxygen atoms in total. The van der Waals surface area contributed by atoms with Crippen molar-refractivity contribution < 1.29 is 8.42 Å². The van der Waals surface area contributed by atoms with E-state index in [9.17, 15) is 8.42 Å². The summed E-state index contributed by atoms with van der Waals surface area (Å²) >= 11 is 9.38. The maximum absolute atomic E-state index is 12.8. The Morgan fingerprint density at radius 3 is 2.80 bits per heavy atom. The Labute approximate surface area is 132 Å². The van der Waals surface area contributed by atoms with Gasteiger partial charge in [-0.25, -0.2) is 8.42 Å². The van der Waals surface area contributed by atoms with Crippen molar-refractivity contribution in [1.82, 2.24) is 9.62 Å². The third-order valence-corrected chi connectivity index (χ3v) is 6.84. The van der Waals surface area contributed by atoms with Crippen LogP contribution in [0.4, 0.5) is 0 Å². The first-order valence-corrected chi connectivity index (χ1v) is 9.29. The zero-order chi connectivity index (χ0) is 14.3. The summed E-state index contributed by atoms with van der Waals surface area (Å²) < 4.78 is 27.8. The minimum atomic E-state index is -3.53. The first kappa shape index (κ1) is 14.8. The second-order valence-electron chi connectivity index (χ2n) is 5.36. The SMILES string of the molecule is O=S(=O)(c1cc(Br)ccc1Cl)N1CCC2CCC(C1)N2. The van der Waals surface area contributed by atoms with Crippen molar-refractivity contribution in [2.45, 2.75) is 36.2 Å². The van der Waals surface area contributed by atoms with Crippen LogP contribution in [0.1, 0.15) is 19.3 Å². The van der Waals surface area contributed by atoms with Crippen molar-refractivity contribution in [1.29, 1.82) is 0 Å². The third kappa shape index (κ3) is 2.76. The summed E-state index contributed by atoms with van der Waals surface area (Å²) in [7, 11) is -3.53. The van der Waals surface area contributed by atoms with Crippen LogP contribution in [-0.4, -0.2) is 37.9 Å². The molecule has 110 valence electrons. The molecule has 2 aliphatic heterocycles. The predicted octanol–water partition coefficient (Wildman–Crippen LogP) is 2.62. The van der Waals surface area contributed by atoms with Crippen molar-refractivity contribution in [3.63, 3.8) is 0 Å². The smallest absolute Gasteiger partial charge is 0.244 e. The molecule has 2 atom stereocenters. The van der Waals surface area contributed by atoms with Gasteiger partial charge in [0.15, 0.2) is 0 Å². The van der Waals surface area contributed by atoms with Crippen molar-refractivity contribution in [2.75, 3.05) is 13.1 Å². The van der Waals surface area contributed by atoms with Crippen LogP contribution in [-0.2, 0) is 10.0 Å². The molecule has 2 aliphatic rings. The van der Waals surface area contributed by atoms with E-state index in [1.807, 2.05) is 0 Å². The van der Waals surface area contributed by atoms with Gasteiger partial charge in [-0.2, -0.15) is 4.31 Å². The van der Waals surface area contributed by atoms with Crippen molar-refractivity contribution in [2.24, 2.45) is 0 Å². The van der Waals surface area contributed by atoms with E-state index in [4.69, 9.17) is 11.6 Å². The Morgan fingerprint density at radius 2 is 2.00 bits per heavy atom. The van der Waals surface area contributed by atoms with Gasteiger partial charge in [-0.05, 0) is 37.5 Å². The second-order valence-corrected chi connectivity index (χ2v) is 8.59. The van der Waals surface area contributed by atoms with Crippen molar-refractivity contribution >= 4 is 37.6 Å². The molecule has 2 fully saturated rings. The lowest BCUT2D eigenvalue weighted by atomic mass is 10.1. The van der Waals surface area contributed by atoms with Crippen LogP contribution in [0.3, 0.4) is 0 Å². The Morgan fingerprint density at radius 1 is 1.25 bits per heavy atom. The minimum absolute atomic E-state index is 0.186. The summed E-state index contributed by atoms with van der Waals surface area (Å²) in [5.74, 6) is 0. The zero-order valence-corrected chi connectivity index (χ0v) is 14.0. The van der Waals surface area contributed by atoms with Crippen LogP contribution < -0.4 is 5.32 Å². The van der Waals surface area contributed by atoms with E-state index in [0.29, 0.717) is 19.1 Å². The van der Waals surface area contributed by atoms with Crippen LogP contribution in [0.25, 0.3) is 0 Å². The van der Waals surface area contributed by atoms with Gasteiger partial charge in [0.1, 0.15) is 4.90 Å². The number of rotatable bonds is 2. The van der Waals surface area contributed by atoms with E-state index < -0.39 is 10.0 Å². The highest BCUT2D eigenvalue weighted by atomic mass is 79.9. The summed E-state index contributed by atoms with van der Waals surface area (Å²) in [4.78, 5) is 0.186. The molecule has 20 heavy (non-hydrogen) atoms. The molecule has 1 aromatic carbocycles. The molecule has 0 saturated carbocycles. The number of hydrogen-bond acceptors (Lipinski definition) is 3. The largest absolute Gasteiger partial charge is 0.310 e. The van der Waals surface area contributed by atoms with E-state index in [2.05, 4.69) is 21.2 Å². The van der Waals surface area contributed by atoms with E-state index in [0.717, 1.165) is 23.7 Å². The standard InChI is InChI=1S/C13H16BrClN2O2S/c14-9-1-4-12(15)13(7-9)20(18,19)17-6-5-10-2-3-11(8-17)16-10/h1,4,7,10-11,16H,2-3,5-6,8H2. The molecule has 0 amide bonds. The number of hydrogen-bond donors (Lipinski definition) is 1. The van der Waals surface area contributed by atoms with Gasteiger partial charge in [-0.15, -0.1) is 0 Å². The normalized spacial score (nSPS) is 27.5. The highest BCUT2D eigenvalue weighted by Crippen LogP contribution is 2.30. The molecule has 2 saturated heterocycles. The van der Waals surface area contributed by atoms with Crippen molar-refractivity contribution in [3.05, 3.63) is 27.7 Å². The molecule has 2 heterocycles. The van der Waals surface area contributed by atoms with Crippen LogP contribution in [0.5, 0.6) is 0 Å². The lowest BCUT2D eigenvalue weighted by Gasteiger charge is -2.24. The number of halogens is 2. The number of benzene rings is 1. The maximum atomic E-state index is 12.8.